The monoisotopic (exact) mass is 300 g/mol. The van der Waals surface area contributed by atoms with E-state index in [1.807, 2.05) is 18.2 Å². The largest absolute Gasteiger partial charge is 0.271 e. The first kappa shape index (κ1) is 14.6. The van der Waals surface area contributed by atoms with Crippen LogP contribution in [0.5, 0.6) is 0 Å². The lowest BCUT2D eigenvalue weighted by atomic mass is 9.80. The van der Waals surface area contributed by atoms with Crippen molar-refractivity contribution in [3.8, 4) is 0 Å². The maximum Gasteiger partial charge on any atom is 0.0500 e. The van der Waals surface area contributed by atoms with Crippen LogP contribution in [0.2, 0.25) is 5.02 Å². The third-order valence-electron chi connectivity index (χ3n) is 4.45. The van der Waals surface area contributed by atoms with Gasteiger partial charge in [-0.1, -0.05) is 54.4 Å². The zero-order valence-corrected chi connectivity index (χ0v) is 12.8. The number of benzene rings is 2. The van der Waals surface area contributed by atoms with Crippen LogP contribution < -0.4 is 11.3 Å². The smallest absolute Gasteiger partial charge is 0.0500 e. The van der Waals surface area contributed by atoms with Gasteiger partial charge in [0.05, 0.1) is 0 Å². The van der Waals surface area contributed by atoms with Crippen molar-refractivity contribution in [1.29, 1.82) is 0 Å². The van der Waals surface area contributed by atoms with Crippen molar-refractivity contribution in [3.05, 3.63) is 70.2 Å². The van der Waals surface area contributed by atoms with Gasteiger partial charge in [-0.05, 0) is 54.0 Å². The normalized spacial score (nSPS) is 16.5. The average Bonchev–Trinajstić information content (AvgIpc) is 2.44. The van der Waals surface area contributed by atoms with Crippen molar-refractivity contribution < 1.29 is 0 Å². The maximum absolute atomic E-state index is 6.04. The van der Waals surface area contributed by atoms with Gasteiger partial charge in [0.2, 0.25) is 0 Å². The van der Waals surface area contributed by atoms with Crippen molar-refractivity contribution in [2.75, 3.05) is 0 Å². The Morgan fingerprint density at radius 1 is 1.14 bits per heavy atom. The third kappa shape index (κ3) is 3.46. The van der Waals surface area contributed by atoms with E-state index in [0.717, 1.165) is 17.4 Å². The Hall–Kier alpha value is -1.35. The van der Waals surface area contributed by atoms with Crippen LogP contribution in [0.15, 0.2) is 48.5 Å². The summed E-state index contributed by atoms with van der Waals surface area (Å²) in [7, 11) is 0. The minimum absolute atomic E-state index is 0.110. The Balaban J connectivity index is 1.73. The van der Waals surface area contributed by atoms with E-state index in [2.05, 4.69) is 35.8 Å². The van der Waals surface area contributed by atoms with E-state index in [1.54, 1.807) is 0 Å². The molecule has 0 spiro atoms. The summed E-state index contributed by atoms with van der Waals surface area (Å²) in [5, 5.41) is 0.767. The molecule has 0 amide bonds. The summed E-state index contributed by atoms with van der Waals surface area (Å²) in [6.45, 7) is 0. The lowest BCUT2D eigenvalue weighted by molar-refractivity contribution is 0.419. The fraction of sp³-hybridized carbons (Fsp3) is 0.333. The molecule has 110 valence electrons. The fourth-order valence-electron chi connectivity index (χ4n) is 2.91. The SMILES string of the molecule is NNC(Cc1cccc(Cl)c1)c1ccc(C2CCC2)cc1. The van der Waals surface area contributed by atoms with Gasteiger partial charge in [-0.25, -0.2) is 0 Å². The van der Waals surface area contributed by atoms with Crippen molar-refractivity contribution in [2.24, 2.45) is 5.84 Å². The summed E-state index contributed by atoms with van der Waals surface area (Å²) < 4.78 is 0. The number of hydrogen-bond acceptors (Lipinski definition) is 2. The molecule has 1 fully saturated rings. The minimum Gasteiger partial charge on any atom is -0.271 e. The molecule has 0 aromatic heterocycles. The molecule has 2 nitrogen and oxygen atoms in total. The van der Waals surface area contributed by atoms with Gasteiger partial charge in [-0.3, -0.25) is 11.3 Å². The maximum atomic E-state index is 6.04. The topological polar surface area (TPSA) is 38.0 Å². The number of rotatable bonds is 5. The Bertz CT molecular complexity index is 590. The van der Waals surface area contributed by atoms with Crippen LogP contribution >= 0.6 is 11.6 Å². The first-order valence-electron chi connectivity index (χ1n) is 7.56. The number of halogens is 1. The van der Waals surface area contributed by atoms with Gasteiger partial charge < -0.3 is 0 Å². The molecule has 0 bridgehead atoms. The highest BCUT2D eigenvalue weighted by atomic mass is 35.5. The van der Waals surface area contributed by atoms with Gasteiger partial charge in [-0.15, -0.1) is 0 Å². The molecule has 3 heteroatoms. The lowest BCUT2D eigenvalue weighted by Gasteiger charge is -2.26. The van der Waals surface area contributed by atoms with Crippen molar-refractivity contribution in [1.82, 2.24) is 5.43 Å². The van der Waals surface area contributed by atoms with Gasteiger partial charge >= 0.3 is 0 Å². The zero-order chi connectivity index (χ0) is 14.7. The number of nitrogens with one attached hydrogen (secondary N) is 1. The highest BCUT2D eigenvalue weighted by Crippen LogP contribution is 2.36. The molecular weight excluding hydrogens is 280 g/mol. The molecule has 1 aliphatic carbocycles. The standard InChI is InChI=1S/C18H21ClN2/c19-17-6-1-3-13(11-17)12-18(21-20)16-9-7-15(8-10-16)14-4-2-5-14/h1,3,6-11,14,18,21H,2,4-5,12,20H2. The van der Waals surface area contributed by atoms with E-state index in [1.165, 1.54) is 36.0 Å². The van der Waals surface area contributed by atoms with Crippen molar-refractivity contribution >= 4 is 11.6 Å². The van der Waals surface area contributed by atoms with Crippen LogP contribution in [0.25, 0.3) is 0 Å². The van der Waals surface area contributed by atoms with Crippen molar-refractivity contribution in [3.63, 3.8) is 0 Å². The summed E-state index contributed by atoms with van der Waals surface area (Å²) >= 11 is 6.04. The predicted octanol–water partition coefficient (Wildman–Crippen LogP) is 4.35. The summed E-state index contributed by atoms with van der Waals surface area (Å²) in [6.07, 6.45) is 4.87. The van der Waals surface area contributed by atoms with E-state index in [4.69, 9.17) is 17.4 Å². The van der Waals surface area contributed by atoms with E-state index >= 15 is 0 Å². The fourth-order valence-corrected chi connectivity index (χ4v) is 3.13. The quantitative estimate of drug-likeness (QED) is 0.636. The molecular formula is C18H21ClN2. The van der Waals surface area contributed by atoms with Crippen molar-refractivity contribution in [2.45, 2.75) is 37.6 Å². The van der Waals surface area contributed by atoms with Gasteiger partial charge in [0.25, 0.3) is 0 Å². The molecule has 1 atom stereocenters. The summed E-state index contributed by atoms with van der Waals surface area (Å²) in [5.41, 5.74) is 6.79. The van der Waals surface area contributed by atoms with Crippen LogP contribution in [0, 0.1) is 0 Å². The second kappa shape index (κ2) is 6.61. The average molecular weight is 301 g/mol. The van der Waals surface area contributed by atoms with Gasteiger partial charge in [0.1, 0.15) is 0 Å². The van der Waals surface area contributed by atoms with Crippen LogP contribution in [0.3, 0.4) is 0 Å². The molecule has 2 aromatic rings. The Morgan fingerprint density at radius 2 is 1.90 bits per heavy atom. The summed E-state index contributed by atoms with van der Waals surface area (Å²) in [4.78, 5) is 0. The number of hydrazine groups is 1. The Kier molecular flexibility index (Phi) is 4.59. The molecule has 1 saturated carbocycles. The predicted molar refractivity (Wildman–Crippen MR) is 88.3 cm³/mol. The minimum atomic E-state index is 0.110. The number of hydrogen-bond donors (Lipinski definition) is 2. The molecule has 0 saturated heterocycles. The summed E-state index contributed by atoms with van der Waals surface area (Å²) in [6, 6.07) is 17.0. The van der Waals surface area contributed by atoms with Crippen LogP contribution in [0.1, 0.15) is 47.9 Å². The van der Waals surface area contributed by atoms with Crippen LogP contribution in [-0.4, -0.2) is 0 Å². The van der Waals surface area contributed by atoms with E-state index in [0.29, 0.717) is 0 Å². The van der Waals surface area contributed by atoms with Gasteiger partial charge in [0.15, 0.2) is 0 Å². The third-order valence-corrected chi connectivity index (χ3v) is 4.68. The first-order chi connectivity index (χ1) is 10.3. The van der Waals surface area contributed by atoms with Gasteiger partial charge in [0, 0.05) is 11.1 Å². The Morgan fingerprint density at radius 3 is 2.48 bits per heavy atom. The van der Waals surface area contributed by atoms with E-state index < -0.39 is 0 Å². The molecule has 3 rings (SSSR count). The van der Waals surface area contributed by atoms with E-state index in [9.17, 15) is 0 Å². The molecule has 0 aliphatic heterocycles. The number of nitrogens with two attached hydrogens (primary N) is 1. The highest BCUT2D eigenvalue weighted by molar-refractivity contribution is 6.30. The van der Waals surface area contributed by atoms with E-state index in [-0.39, 0.29) is 6.04 Å². The van der Waals surface area contributed by atoms with Crippen LogP contribution in [-0.2, 0) is 6.42 Å². The molecule has 1 unspecified atom stereocenters. The van der Waals surface area contributed by atoms with Crippen LogP contribution in [0.4, 0.5) is 0 Å². The highest BCUT2D eigenvalue weighted by Gasteiger charge is 2.19. The zero-order valence-electron chi connectivity index (χ0n) is 12.1. The molecule has 21 heavy (non-hydrogen) atoms. The second-order valence-corrected chi connectivity index (χ2v) is 6.28. The molecule has 0 heterocycles. The first-order valence-corrected chi connectivity index (χ1v) is 7.94. The van der Waals surface area contributed by atoms with Gasteiger partial charge in [-0.2, -0.15) is 0 Å². The molecule has 1 aliphatic rings. The lowest BCUT2D eigenvalue weighted by Crippen LogP contribution is -2.29. The summed E-state index contributed by atoms with van der Waals surface area (Å²) in [5.74, 6) is 6.52. The molecule has 0 radical (unpaired) electrons. The Labute approximate surface area is 131 Å². The second-order valence-electron chi connectivity index (χ2n) is 5.85. The molecule has 2 aromatic carbocycles. The molecule has 3 N–H and O–H groups in total.